The molecule has 4 aromatic carbocycles. The minimum Gasteiger partial charge on any atom is -0.489 e. The van der Waals surface area contributed by atoms with Crippen molar-refractivity contribution >= 4 is 40.2 Å². The first-order chi connectivity index (χ1) is 18.0. The second-order valence-electron chi connectivity index (χ2n) is 9.25. The van der Waals surface area contributed by atoms with Crippen LogP contribution in [-0.4, -0.2) is 24.9 Å². The third-order valence-electron chi connectivity index (χ3n) is 6.09. The molecule has 4 aromatic rings. The Morgan fingerprint density at radius 2 is 1.62 bits per heavy atom. The zero-order chi connectivity index (χ0) is 25.8. The summed E-state index contributed by atoms with van der Waals surface area (Å²) < 4.78 is 5.97. The third-order valence-corrected chi connectivity index (χ3v) is 6.32. The van der Waals surface area contributed by atoms with Crippen LogP contribution in [0.4, 0.5) is 11.4 Å². The average Bonchev–Trinajstić information content (AvgIpc) is 3.22. The van der Waals surface area contributed by atoms with Crippen LogP contribution in [0, 0.1) is 0 Å². The van der Waals surface area contributed by atoms with Gasteiger partial charge in [-0.05, 0) is 79.3 Å². The van der Waals surface area contributed by atoms with E-state index in [0.29, 0.717) is 28.6 Å². The number of hydrogen-bond donors (Lipinski definition) is 2. The van der Waals surface area contributed by atoms with Crippen molar-refractivity contribution in [2.75, 3.05) is 24.7 Å². The van der Waals surface area contributed by atoms with E-state index in [1.807, 2.05) is 86.9 Å². The lowest BCUT2D eigenvalue weighted by Crippen LogP contribution is -2.11. The largest absolute Gasteiger partial charge is 0.489 e. The zero-order valence-electron chi connectivity index (χ0n) is 20.8. The molecule has 0 unspecified atom stereocenters. The van der Waals surface area contributed by atoms with Gasteiger partial charge in [0.25, 0.3) is 5.91 Å². The van der Waals surface area contributed by atoms with Crippen LogP contribution in [0.5, 0.6) is 5.75 Å². The standard InChI is InChI=1S/C31H28ClN3O2/c1-35(2)19-21-8-13-25(14-9-21)33-30(29-27-17-12-24(32)18-28(27)34-31(29)36)23-10-15-26(16-11-23)37-20-22-6-4-3-5-7-22/h3-18,33H,19-20H2,1-2H3,(H,34,36)/b30-29-. The van der Waals surface area contributed by atoms with Gasteiger partial charge in [-0.1, -0.05) is 60.1 Å². The van der Waals surface area contributed by atoms with Crippen molar-refractivity contribution in [1.29, 1.82) is 0 Å². The Bertz CT molecular complexity index is 1430. The van der Waals surface area contributed by atoms with Crippen molar-refractivity contribution in [3.05, 3.63) is 124 Å². The molecule has 5 rings (SSSR count). The average molecular weight is 510 g/mol. The Balaban J connectivity index is 1.48. The van der Waals surface area contributed by atoms with Crippen LogP contribution in [-0.2, 0) is 17.9 Å². The maximum absolute atomic E-state index is 13.2. The number of fused-ring (bicyclic) bond motifs is 1. The Morgan fingerprint density at radius 3 is 2.32 bits per heavy atom. The number of ether oxygens (including phenoxy) is 1. The predicted octanol–water partition coefficient (Wildman–Crippen LogP) is 6.91. The third kappa shape index (κ3) is 5.85. The van der Waals surface area contributed by atoms with E-state index in [4.69, 9.17) is 16.3 Å². The lowest BCUT2D eigenvalue weighted by Gasteiger charge is -2.16. The van der Waals surface area contributed by atoms with Gasteiger partial charge in [-0.15, -0.1) is 0 Å². The van der Waals surface area contributed by atoms with Crippen LogP contribution in [0.25, 0.3) is 11.3 Å². The first kappa shape index (κ1) is 24.6. The van der Waals surface area contributed by atoms with Gasteiger partial charge >= 0.3 is 0 Å². The molecule has 1 aliphatic rings. The number of carbonyl (C=O) groups is 1. The molecule has 186 valence electrons. The normalized spacial score (nSPS) is 13.8. The molecule has 2 N–H and O–H groups in total. The van der Waals surface area contributed by atoms with Gasteiger partial charge in [-0.25, -0.2) is 0 Å². The smallest absolute Gasteiger partial charge is 0.258 e. The number of rotatable bonds is 8. The van der Waals surface area contributed by atoms with E-state index in [-0.39, 0.29) is 5.91 Å². The van der Waals surface area contributed by atoms with E-state index in [0.717, 1.165) is 34.7 Å². The van der Waals surface area contributed by atoms with Gasteiger partial charge in [0.05, 0.1) is 17.0 Å². The van der Waals surface area contributed by atoms with Crippen molar-refractivity contribution in [1.82, 2.24) is 4.90 Å². The number of nitrogens with zero attached hydrogens (tertiary/aromatic N) is 1. The first-order valence-electron chi connectivity index (χ1n) is 12.1. The Kier molecular flexibility index (Phi) is 7.26. The van der Waals surface area contributed by atoms with E-state index in [9.17, 15) is 4.79 Å². The molecule has 37 heavy (non-hydrogen) atoms. The van der Waals surface area contributed by atoms with E-state index in [1.165, 1.54) is 5.56 Å². The number of amides is 1. The summed E-state index contributed by atoms with van der Waals surface area (Å²) >= 11 is 6.19. The topological polar surface area (TPSA) is 53.6 Å². The second-order valence-corrected chi connectivity index (χ2v) is 9.69. The number of nitrogens with one attached hydrogen (secondary N) is 2. The molecule has 0 saturated heterocycles. The van der Waals surface area contributed by atoms with Crippen LogP contribution in [0.15, 0.2) is 97.1 Å². The molecular formula is C31H28ClN3O2. The summed E-state index contributed by atoms with van der Waals surface area (Å²) in [6, 6.07) is 31.5. The molecule has 1 amide bonds. The number of hydrogen-bond acceptors (Lipinski definition) is 4. The maximum atomic E-state index is 13.2. The van der Waals surface area contributed by atoms with Gasteiger partial charge in [0.2, 0.25) is 0 Å². The number of anilines is 2. The van der Waals surface area contributed by atoms with Crippen LogP contribution in [0.1, 0.15) is 22.3 Å². The van der Waals surface area contributed by atoms with E-state index in [2.05, 4.69) is 27.7 Å². The highest BCUT2D eigenvalue weighted by atomic mass is 35.5. The van der Waals surface area contributed by atoms with Crippen molar-refractivity contribution < 1.29 is 9.53 Å². The Hall–Kier alpha value is -4.06. The van der Waals surface area contributed by atoms with Crippen LogP contribution < -0.4 is 15.4 Å². The fourth-order valence-corrected chi connectivity index (χ4v) is 4.51. The van der Waals surface area contributed by atoms with Gasteiger partial charge in [0.15, 0.2) is 0 Å². The van der Waals surface area contributed by atoms with Crippen LogP contribution >= 0.6 is 11.6 Å². The second kappa shape index (κ2) is 10.9. The van der Waals surface area contributed by atoms with Crippen LogP contribution in [0.2, 0.25) is 5.02 Å². The van der Waals surface area contributed by atoms with Gasteiger partial charge in [-0.2, -0.15) is 0 Å². The molecule has 5 nitrogen and oxygen atoms in total. The fourth-order valence-electron chi connectivity index (χ4n) is 4.33. The van der Waals surface area contributed by atoms with E-state index >= 15 is 0 Å². The summed E-state index contributed by atoms with van der Waals surface area (Å²) in [5.74, 6) is 0.585. The quantitative estimate of drug-likeness (QED) is 0.253. The lowest BCUT2D eigenvalue weighted by molar-refractivity contribution is -0.110. The van der Waals surface area contributed by atoms with Crippen molar-refractivity contribution in [3.8, 4) is 5.75 Å². The summed E-state index contributed by atoms with van der Waals surface area (Å²) in [5.41, 5.74) is 6.88. The van der Waals surface area contributed by atoms with Gasteiger partial charge in [-0.3, -0.25) is 4.79 Å². The molecule has 1 heterocycles. The Labute approximate surface area is 222 Å². The Morgan fingerprint density at radius 1 is 0.892 bits per heavy atom. The minimum atomic E-state index is -0.173. The molecule has 0 atom stereocenters. The summed E-state index contributed by atoms with van der Waals surface area (Å²) in [6.07, 6.45) is 0. The SMILES string of the molecule is CN(C)Cc1ccc(N/C(=C2\C(=O)Nc3cc(Cl)ccc32)c2ccc(OCc3ccccc3)cc2)cc1. The molecule has 6 heteroatoms. The molecule has 0 fully saturated rings. The monoisotopic (exact) mass is 509 g/mol. The number of benzene rings is 4. The molecule has 0 saturated carbocycles. The van der Waals surface area contributed by atoms with Crippen LogP contribution in [0.3, 0.4) is 0 Å². The minimum absolute atomic E-state index is 0.173. The highest BCUT2D eigenvalue weighted by Crippen LogP contribution is 2.39. The lowest BCUT2D eigenvalue weighted by atomic mass is 10.00. The molecule has 0 bridgehead atoms. The van der Waals surface area contributed by atoms with Crippen molar-refractivity contribution in [3.63, 3.8) is 0 Å². The molecule has 0 aromatic heterocycles. The fraction of sp³-hybridized carbons (Fsp3) is 0.129. The number of carbonyl (C=O) groups excluding carboxylic acids is 1. The van der Waals surface area contributed by atoms with E-state index < -0.39 is 0 Å². The summed E-state index contributed by atoms with van der Waals surface area (Å²) in [4.78, 5) is 15.3. The van der Waals surface area contributed by atoms with Crippen molar-refractivity contribution in [2.45, 2.75) is 13.2 Å². The highest BCUT2D eigenvalue weighted by molar-refractivity contribution is 6.38. The van der Waals surface area contributed by atoms with Gasteiger partial charge in [0, 0.05) is 22.8 Å². The van der Waals surface area contributed by atoms with E-state index in [1.54, 1.807) is 12.1 Å². The summed E-state index contributed by atoms with van der Waals surface area (Å²) in [5, 5.41) is 7.04. The predicted molar refractivity (Wildman–Crippen MR) is 152 cm³/mol. The first-order valence-corrected chi connectivity index (χ1v) is 12.5. The molecule has 0 aliphatic carbocycles. The molecule has 1 aliphatic heterocycles. The number of halogens is 1. The van der Waals surface area contributed by atoms with Crippen molar-refractivity contribution in [2.24, 2.45) is 0 Å². The summed E-state index contributed by atoms with van der Waals surface area (Å²) in [7, 11) is 4.09. The maximum Gasteiger partial charge on any atom is 0.258 e. The molecular weight excluding hydrogens is 482 g/mol. The summed E-state index contributed by atoms with van der Waals surface area (Å²) in [6.45, 7) is 1.34. The van der Waals surface area contributed by atoms with Gasteiger partial charge < -0.3 is 20.3 Å². The molecule has 0 radical (unpaired) electrons. The molecule has 0 spiro atoms. The zero-order valence-corrected chi connectivity index (χ0v) is 21.5. The highest BCUT2D eigenvalue weighted by Gasteiger charge is 2.28. The van der Waals surface area contributed by atoms with Gasteiger partial charge in [0.1, 0.15) is 12.4 Å².